The number of carbonyl (C=O) groups excluding carboxylic acids is 1. The van der Waals surface area contributed by atoms with E-state index in [1.165, 1.54) is 5.56 Å². The fourth-order valence-corrected chi connectivity index (χ4v) is 3.65. The van der Waals surface area contributed by atoms with Gasteiger partial charge in [-0.15, -0.1) is 0 Å². The largest absolute Gasteiger partial charge is 0.351 e. The fraction of sp³-hybridized carbons (Fsp3) is 0.409. The standard InChI is InChI=1S/C22H28ClN3O/c1-18(22(27)24-17-20-9-5-6-10-21(20)23)26-15-13-25(14-16-26)12-11-19-7-3-2-4-8-19/h2-10,18H,11-17H2,1H3,(H,24,27). The molecule has 1 heterocycles. The third-order valence-electron chi connectivity index (χ3n) is 5.30. The molecule has 1 unspecified atom stereocenters. The normalized spacial score (nSPS) is 16.8. The Labute approximate surface area is 167 Å². The Hall–Kier alpha value is -1.88. The molecule has 2 aromatic rings. The molecule has 1 aliphatic rings. The smallest absolute Gasteiger partial charge is 0.237 e. The van der Waals surface area contributed by atoms with E-state index in [1.807, 2.05) is 31.2 Å². The summed E-state index contributed by atoms with van der Waals surface area (Å²) in [7, 11) is 0. The minimum Gasteiger partial charge on any atom is -0.351 e. The SMILES string of the molecule is CC(C(=O)NCc1ccccc1Cl)N1CCN(CCc2ccccc2)CC1. The maximum Gasteiger partial charge on any atom is 0.237 e. The first kappa shape index (κ1) is 19.9. The number of nitrogens with zero attached hydrogens (tertiary/aromatic N) is 2. The Kier molecular flexibility index (Phi) is 7.27. The molecule has 1 fully saturated rings. The average molecular weight is 386 g/mol. The van der Waals surface area contributed by atoms with Crippen LogP contribution in [0.5, 0.6) is 0 Å². The highest BCUT2D eigenvalue weighted by Crippen LogP contribution is 2.15. The molecular weight excluding hydrogens is 358 g/mol. The van der Waals surface area contributed by atoms with Crippen LogP contribution in [-0.4, -0.2) is 54.5 Å². The van der Waals surface area contributed by atoms with Crippen LogP contribution in [0.25, 0.3) is 0 Å². The Morgan fingerprint density at radius 1 is 1.04 bits per heavy atom. The van der Waals surface area contributed by atoms with Crippen molar-refractivity contribution in [2.45, 2.75) is 25.9 Å². The number of nitrogens with one attached hydrogen (secondary N) is 1. The number of amides is 1. The van der Waals surface area contributed by atoms with Gasteiger partial charge in [-0.3, -0.25) is 9.69 Å². The van der Waals surface area contributed by atoms with Crippen molar-refractivity contribution in [1.29, 1.82) is 0 Å². The maximum atomic E-state index is 12.5. The van der Waals surface area contributed by atoms with E-state index in [-0.39, 0.29) is 11.9 Å². The average Bonchev–Trinajstić information content (AvgIpc) is 2.72. The molecule has 0 aromatic heterocycles. The number of carbonyl (C=O) groups is 1. The highest BCUT2D eigenvalue weighted by molar-refractivity contribution is 6.31. The molecule has 1 aliphatic heterocycles. The molecule has 0 radical (unpaired) electrons. The zero-order chi connectivity index (χ0) is 19.1. The lowest BCUT2D eigenvalue weighted by molar-refractivity contribution is -0.126. The minimum absolute atomic E-state index is 0.0626. The van der Waals surface area contributed by atoms with Crippen LogP contribution in [0.1, 0.15) is 18.1 Å². The van der Waals surface area contributed by atoms with E-state index in [2.05, 4.69) is 45.4 Å². The van der Waals surface area contributed by atoms with Crippen molar-refractivity contribution in [3.05, 3.63) is 70.7 Å². The summed E-state index contributed by atoms with van der Waals surface area (Å²) >= 11 is 6.16. The molecule has 27 heavy (non-hydrogen) atoms. The van der Waals surface area contributed by atoms with Crippen LogP contribution in [0.4, 0.5) is 0 Å². The predicted molar refractivity (Wildman–Crippen MR) is 111 cm³/mol. The van der Waals surface area contributed by atoms with Gasteiger partial charge in [-0.1, -0.05) is 60.1 Å². The zero-order valence-electron chi connectivity index (χ0n) is 15.9. The molecule has 1 atom stereocenters. The monoisotopic (exact) mass is 385 g/mol. The molecular formula is C22H28ClN3O. The van der Waals surface area contributed by atoms with E-state index in [0.29, 0.717) is 11.6 Å². The van der Waals surface area contributed by atoms with Gasteiger partial charge in [-0.05, 0) is 30.5 Å². The van der Waals surface area contributed by atoms with E-state index in [0.717, 1.165) is 44.7 Å². The number of hydrogen-bond acceptors (Lipinski definition) is 3. The summed E-state index contributed by atoms with van der Waals surface area (Å²) in [5, 5.41) is 3.71. The summed E-state index contributed by atoms with van der Waals surface area (Å²) in [5.41, 5.74) is 2.33. The number of halogens is 1. The van der Waals surface area contributed by atoms with Gasteiger partial charge in [-0.2, -0.15) is 0 Å². The van der Waals surface area contributed by atoms with Crippen LogP contribution in [0, 0.1) is 0 Å². The van der Waals surface area contributed by atoms with Gasteiger partial charge in [0, 0.05) is 44.3 Å². The second kappa shape index (κ2) is 9.88. The van der Waals surface area contributed by atoms with Crippen LogP contribution < -0.4 is 5.32 Å². The van der Waals surface area contributed by atoms with Crippen LogP contribution >= 0.6 is 11.6 Å². The van der Waals surface area contributed by atoms with Crippen molar-refractivity contribution >= 4 is 17.5 Å². The fourth-order valence-electron chi connectivity index (χ4n) is 3.44. The van der Waals surface area contributed by atoms with Crippen LogP contribution in [-0.2, 0) is 17.8 Å². The number of hydrogen-bond donors (Lipinski definition) is 1. The summed E-state index contributed by atoms with van der Waals surface area (Å²) in [6.07, 6.45) is 1.08. The molecule has 3 rings (SSSR count). The van der Waals surface area contributed by atoms with E-state index in [4.69, 9.17) is 11.6 Å². The van der Waals surface area contributed by atoms with Gasteiger partial charge in [-0.25, -0.2) is 0 Å². The Morgan fingerprint density at radius 2 is 1.70 bits per heavy atom. The van der Waals surface area contributed by atoms with Crippen molar-refractivity contribution in [3.63, 3.8) is 0 Å². The lowest BCUT2D eigenvalue weighted by Gasteiger charge is -2.37. The maximum absolute atomic E-state index is 12.5. The second-order valence-electron chi connectivity index (χ2n) is 7.10. The quantitative estimate of drug-likeness (QED) is 0.795. The van der Waals surface area contributed by atoms with Crippen molar-refractivity contribution in [3.8, 4) is 0 Å². The van der Waals surface area contributed by atoms with Gasteiger partial charge in [0.1, 0.15) is 0 Å². The Morgan fingerprint density at radius 3 is 2.41 bits per heavy atom. The van der Waals surface area contributed by atoms with Crippen LogP contribution in [0.3, 0.4) is 0 Å². The third-order valence-corrected chi connectivity index (χ3v) is 5.67. The summed E-state index contributed by atoms with van der Waals surface area (Å²) in [5.74, 6) is 0.0626. The van der Waals surface area contributed by atoms with E-state index in [1.54, 1.807) is 0 Å². The first-order chi connectivity index (χ1) is 13.1. The Balaban J connectivity index is 1.40. The van der Waals surface area contributed by atoms with Gasteiger partial charge < -0.3 is 10.2 Å². The summed E-state index contributed by atoms with van der Waals surface area (Å²) in [6.45, 7) is 7.40. The Bertz CT molecular complexity index is 729. The highest BCUT2D eigenvalue weighted by Gasteiger charge is 2.25. The summed E-state index contributed by atoms with van der Waals surface area (Å²) in [4.78, 5) is 17.3. The molecule has 144 valence electrons. The first-order valence-corrected chi connectivity index (χ1v) is 10.0. The van der Waals surface area contributed by atoms with Gasteiger partial charge >= 0.3 is 0 Å². The molecule has 4 nitrogen and oxygen atoms in total. The second-order valence-corrected chi connectivity index (χ2v) is 7.51. The minimum atomic E-state index is -0.122. The highest BCUT2D eigenvalue weighted by atomic mass is 35.5. The number of piperazine rings is 1. The molecule has 0 spiro atoms. The summed E-state index contributed by atoms with van der Waals surface area (Å²) in [6, 6.07) is 18.1. The van der Waals surface area contributed by atoms with Crippen LogP contribution in [0.2, 0.25) is 5.02 Å². The van der Waals surface area contributed by atoms with Crippen molar-refractivity contribution in [2.24, 2.45) is 0 Å². The van der Waals surface area contributed by atoms with Gasteiger partial charge in [0.25, 0.3) is 0 Å². The van der Waals surface area contributed by atoms with E-state index in [9.17, 15) is 4.79 Å². The van der Waals surface area contributed by atoms with E-state index < -0.39 is 0 Å². The topological polar surface area (TPSA) is 35.6 Å². The van der Waals surface area contributed by atoms with E-state index >= 15 is 0 Å². The molecule has 1 saturated heterocycles. The zero-order valence-corrected chi connectivity index (χ0v) is 16.7. The van der Waals surface area contributed by atoms with Crippen molar-refractivity contribution in [2.75, 3.05) is 32.7 Å². The lowest BCUT2D eigenvalue weighted by atomic mass is 10.1. The van der Waals surface area contributed by atoms with Crippen LogP contribution in [0.15, 0.2) is 54.6 Å². The molecule has 1 amide bonds. The van der Waals surface area contributed by atoms with Crippen molar-refractivity contribution < 1.29 is 4.79 Å². The lowest BCUT2D eigenvalue weighted by Crippen LogP contribution is -2.54. The molecule has 0 aliphatic carbocycles. The van der Waals surface area contributed by atoms with Gasteiger partial charge in [0.15, 0.2) is 0 Å². The molecule has 5 heteroatoms. The molecule has 0 saturated carbocycles. The first-order valence-electron chi connectivity index (χ1n) is 9.65. The number of benzene rings is 2. The molecule has 1 N–H and O–H groups in total. The summed E-state index contributed by atoms with van der Waals surface area (Å²) < 4.78 is 0. The van der Waals surface area contributed by atoms with Gasteiger partial charge in [0.05, 0.1) is 6.04 Å². The number of rotatable bonds is 7. The third kappa shape index (κ3) is 5.80. The van der Waals surface area contributed by atoms with Crippen molar-refractivity contribution in [1.82, 2.24) is 15.1 Å². The van der Waals surface area contributed by atoms with Gasteiger partial charge in [0.2, 0.25) is 5.91 Å². The molecule has 0 bridgehead atoms. The predicted octanol–water partition coefficient (Wildman–Crippen LogP) is 3.21. The molecule has 2 aromatic carbocycles.